The Hall–Kier alpha value is -1.78. The highest BCUT2D eigenvalue weighted by atomic mass is 35.5. The van der Waals surface area contributed by atoms with Crippen molar-refractivity contribution in [3.05, 3.63) is 58.4 Å². The van der Waals surface area contributed by atoms with Crippen LogP contribution in [-0.2, 0) is 5.60 Å². The average Bonchev–Trinajstić information content (AvgIpc) is 2.46. The Kier molecular flexibility index (Phi) is 4.40. The second-order valence-corrected chi connectivity index (χ2v) is 5.15. The van der Waals surface area contributed by atoms with E-state index in [1.54, 1.807) is 24.3 Å². The molecule has 0 radical (unpaired) electrons. The van der Waals surface area contributed by atoms with Crippen LogP contribution in [0.1, 0.15) is 18.1 Å². The third-order valence-electron chi connectivity index (χ3n) is 3.40. The summed E-state index contributed by atoms with van der Waals surface area (Å²) < 4.78 is 24.5. The summed E-state index contributed by atoms with van der Waals surface area (Å²) in [5.74, 6) is 0.131. The monoisotopic (exact) mass is 310 g/mol. The number of ether oxygens (including phenoxy) is 2. The highest BCUT2D eigenvalue weighted by Gasteiger charge is 2.32. The molecule has 112 valence electrons. The van der Waals surface area contributed by atoms with Crippen molar-refractivity contribution < 1.29 is 19.0 Å². The largest absolute Gasteiger partial charge is 0.496 e. The quantitative estimate of drug-likeness (QED) is 0.934. The van der Waals surface area contributed by atoms with Gasteiger partial charge in [0.2, 0.25) is 0 Å². The van der Waals surface area contributed by atoms with Gasteiger partial charge in [0.1, 0.15) is 22.9 Å². The van der Waals surface area contributed by atoms with Crippen molar-refractivity contribution in [3.63, 3.8) is 0 Å². The topological polar surface area (TPSA) is 38.7 Å². The van der Waals surface area contributed by atoms with Crippen LogP contribution >= 0.6 is 11.6 Å². The molecule has 0 heterocycles. The Morgan fingerprint density at radius 3 is 2.38 bits per heavy atom. The summed E-state index contributed by atoms with van der Waals surface area (Å²) in [5.41, 5.74) is -1.07. The van der Waals surface area contributed by atoms with Gasteiger partial charge in [0, 0.05) is 0 Å². The average molecular weight is 311 g/mol. The number of halogens is 2. The molecule has 3 nitrogen and oxygen atoms in total. The SMILES string of the molecule is COc1cc(C(C)(O)c2c(F)cccc2OC)ccc1Cl. The van der Waals surface area contributed by atoms with E-state index in [0.29, 0.717) is 16.3 Å². The summed E-state index contributed by atoms with van der Waals surface area (Å²) >= 11 is 5.98. The fraction of sp³-hybridized carbons (Fsp3) is 0.250. The van der Waals surface area contributed by atoms with Crippen LogP contribution in [0.2, 0.25) is 5.02 Å². The Morgan fingerprint density at radius 1 is 1.10 bits per heavy atom. The molecular formula is C16H16ClFO3. The zero-order chi connectivity index (χ0) is 15.6. The third kappa shape index (κ3) is 2.82. The summed E-state index contributed by atoms with van der Waals surface area (Å²) in [7, 11) is 2.90. The molecule has 0 saturated carbocycles. The lowest BCUT2D eigenvalue weighted by Gasteiger charge is -2.27. The highest BCUT2D eigenvalue weighted by molar-refractivity contribution is 6.32. The summed E-state index contributed by atoms with van der Waals surface area (Å²) in [6, 6.07) is 9.19. The van der Waals surface area contributed by atoms with Crippen molar-refractivity contribution in [3.8, 4) is 11.5 Å². The maximum Gasteiger partial charge on any atom is 0.137 e. The molecule has 0 aromatic heterocycles. The molecule has 0 aliphatic carbocycles. The first-order chi connectivity index (χ1) is 9.91. The van der Waals surface area contributed by atoms with Gasteiger partial charge in [0.15, 0.2) is 0 Å². The second kappa shape index (κ2) is 5.92. The van der Waals surface area contributed by atoms with Crippen molar-refractivity contribution in [1.82, 2.24) is 0 Å². The fourth-order valence-corrected chi connectivity index (χ4v) is 2.45. The molecule has 0 amide bonds. The Bertz CT molecular complexity index is 656. The van der Waals surface area contributed by atoms with Crippen LogP contribution in [0.5, 0.6) is 11.5 Å². The van der Waals surface area contributed by atoms with E-state index >= 15 is 0 Å². The molecular weight excluding hydrogens is 295 g/mol. The van der Waals surface area contributed by atoms with Crippen LogP contribution in [-0.4, -0.2) is 19.3 Å². The van der Waals surface area contributed by atoms with Gasteiger partial charge in [-0.25, -0.2) is 4.39 Å². The lowest BCUT2D eigenvalue weighted by molar-refractivity contribution is 0.0942. The first kappa shape index (κ1) is 15.6. The van der Waals surface area contributed by atoms with Crippen molar-refractivity contribution in [2.24, 2.45) is 0 Å². The van der Waals surface area contributed by atoms with E-state index < -0.39 is 11.4 Å². The third-order valence-corrected chi connectivity index (χ3v) is 3.71. The molecule has 0 aliphatic rings. The predicted molar refractivity (Wildman–Crippen MR) is 79.6 cm³/mol. The van der Waals surface area contributed by atoms with E-state index in [-0.39, 0.29) is 11.3 Å². The lowest BCUT2D eigenvalue weighted by atomic mass is 9.87. The molecule has 2 rings (SSSR count). The normalized spacial score (nSPS) is 13.6. The van der Waals surface area contributed by atoms with Gasteiger partial charge in [-0.15, -0.1) is 0 Å². The van der Waals surface area contributed by atoms with Gasteiger partial charge in [0.25, 0.3) is 0 Å². The summed E-state index contributed by atoms with van der Waals surface area (Å²) in [4.78, 5) is 0. The fourth-order valence-electron chi connectivity index (χ4n) is 2.25. The number of hydrogen-bond donors (Lipinski definition) is 1. The van der Waals surface area contributed by atoms with E-state index in [9.17, 15) is 9.50 Å². The van der Waals surface area contributed by atoms with Crippen LogP contribution in [0.4, 0.5) is 4.39 Å². The Balaban J connectivity index is 2.62. The van der Waals surface area contributed by atoms with E-state index in [2.05, 4.69) is 0 Å². The van der Waals surface area contributed by atoms with Crippen LogP contribution in [0, 0.1) is 5.82 Å². The molecule has 0 spiro atoms. The maximum atomic E-state index is 14.2. The molecule has 0 saturated heterocycles. The second-order valence-electron chi connectivity index (χ2n) is 4.74. The molecule has 0 aliphatic heterocycles. The van der Waals surface area contributed by atoms with E-state index in [1.165, 1.54) is 33.3 Å². The van der Waals surface area contributed by atoms with Crippen molar-refractivity contribution in [1.29, 1.82) is 0 Å². The first-order valence-electron chi connectivity index (χ1n) is 6.31. The van der Waals surface area contributed by atoms with Gasteiger partial charge in [-0.1, -0.05) is 23.7 Å². The molecule has 5 heteroatoms. The van der Waals surface area contributed by atoms with Gasteiger partial charge in [-0.2, -0.15) is 0 Å². The molecule has 1 unspecified atom stereocenters. The smallest absolute Gasteiger partial charge is 0.137 e. The molecule has 0 fully saturated rings. The Morgan fingerprint density at radius 2 is 1.76 bits per heavy atom. The van der Waals surface area contributed by atoms with Crippen molar-refractivity contribution >= 4 is 11.6 Å². The van der Waals surface area contributed by atoms with Gasteiger partial charge in [-0.3, -0.25) is 0 Å². The number of hydrogen-bond acceptors (Lipinski definition) is 3. The highest BCUT2D eigenvalue weighted by Crippen LogP contribution is 2.39. The van der Waals surface area contributed by atoms with Crippen LogP contribution in [0.15, 0.2) is 36.4 Å². The molecule has 1 atom stereocenters. The van der Waals surface area contributed by atoms with Gasteiger partial charge < -0.3 is 14.6 Å². The zero-order valence-electron chi connectivity index (χ0n) is 12.0. The number of benzene rings is 2. The summed E-state index contributed by atoms with van der Waals surface area (Å²) in [5, 5.41) is 11.3. The standard InChI is InChI=1S/C16H16ClFO3/c1-16(19,10-7-8-11(17)14(9-10)21-3)15-12(18)5-4-6-13(15)20-2/h4-9,19H,1-3H3. The van der Waals surface area contributed by atoms with E-state index in [1.807, 2.05) is 0 Å². The molecule has 2 aromatic carbocycles. The van der Waals surface area contributed by atoms with Gasteiger partial charge >= 0.3 is 0 Å². The van der Waals surface area contributed by atoms with Crippen molar-refractivity contribution in [2.45, 2.75) is 12.5 Å². The van der Waals surface area contributed by atoms with Crippen LogP contribution in [0.25, 0.3) is 0 Å². The summed E-state index contributed by atoms with van der Waals surface area (Å²) in [6.45, 7) is 1.50. The number of aliphatic hydroxyl groups is 1. The first-order valence-corrected chi connectivity index (χ1v) is 6.69. The van der Waals surface area contributed by atoms with Crippen molar-refractivity contribution in [2.75, 3.05) is 14.2 Å². The van der Waals surface area contributed by atoms with Gasteiger partial charge in [0.05, 0.1) is 24.8 Å². The zero-order valence-corrected chi connectivity index (χ0v) is 12.7. The summed E-state index contributed by atoms with van der Waals surface area (Å²) in [6.07, 6.45) is 0. The van der Waals surface area contributed by atoms with Crippen LogP contribution < -0.4 is 9.47 Å². The minimum absolute atomic E-state index is 0.0666. The maximum absolute atomic E-state index is 14.2. The number of methoxy groups -OCH3 is 2. The predicted octanol–water partition coefficient (Wildman–Crippen LogP) is 3.75. The lowest BCUT2D eigenvalue weighted by Crippen LogP contribution is -2.25. The Labute approximate surface area is 127 Å². The molecule has 21 heavy (non-hydrogen) atoms. The van der Waals surface area contributed by atoms with E-state index in [4.69, 9.17) is 21.1 Å². The number of rotatable bonds is 4. The van der Waals surface area contributed by atoms with E-state index in [0.717, 1.165) is 0 Å². The minimum atomic E-state index is -1.59. The molecule has 2 aromatic rings. The minimum Gasteiger partial charge on any atom is -0.496 e. The molecule has 0 bridgehead atoms. The van der Waals surface area contributed by atoms with Gasteiger partial charge in [-0.05, 0) is 36.8 Å². The molecule has 1 N–H and O–H groups in total. The van der Waals surface area contributed by atoms with Crippen LogP contribution in [0.3, 0.4) is 0 Å².